The van der Waals surface area contributed by atoms with Gasteiger partial charge in [-0.1, -0.05) is 12.1 Å². The van der Waals surface area contributed by atoms with E-state index in [9.17, 15) is 22.4 Å². The lowest BCUT2D eigenvalue weighted by molar-refractivity contribution is -0.140. The zero-order valence-corrected chi connectivity index (χ0v) is 15.8. The Bertz CT molecular complexity index is 1080. The number of benzene rings is 1. The average Bonchev–Trinajstić information content (AvgIpc) is 3.30. The first-order valence-corrected chi connectivity index (χ1v) is 9.35. The molecule has 4 rings (SSSR count). The number of alkyl halides is 3. The first-order chi connectivity index (χ1) is 13.8. The topological polar surface area (TPSA) is 38.1 Å². The van der Waals surface area contributed by atoms with E-state index in [0.29, 0.717) is 17.1 Å². The zero-order valence-electron chi connectivity index (χ0n) is 15.8. The highest BCUT2D eigenvalue weighted by molar-refractivity contribution is 5.86. The second kappa shape index (κ2) is 7.17. The van der Waals surface area contributed by atoms with Gasteiger partial charge in [-0.25, -0.2) is 4.39 Å². The SMILES string of the molecule is Cc1cn(CC(=O)N2CCCC2)c2cc(-c3cccc(C(F)(F)F)c3F)cnc12. The van der Waals surface area contributed by atoms with Crippen LogP contribution in [0.25, 0.3) is 22.2 Å². The Labute approximate surface area is 164 Å². The highest BCUT2D eigenvalue weighted by atomic mass is 19.4. The van der Waals surface area contributed by atoms with Gasteiger partial charge in [-0.2, -0.15) is 13.2 Å². The number of aryl methyl sites for hydroxylation is 1. The molecule has 0 bridgehead atoms. The number of rotatable bonds is 3. The van der Waals surface area contributed by atoms with Gasteiger partial charge in [0.2, 0.25) is 5.91 Å². The smallest absolute Gasteiger partial charge is 0.341 e. The summed E-state index contributed by atoms with van der Waals surface area (Å²) < 4.78 is 55.5. The molecular weight excluding hydrogens is 386 g/mol. The van der Waals surface area contributed by atoms with E-state index in [1.807, 2.05) is 6.92 Å². The van der Waals surface area contributed by atoms with Crippen LogP contribution in [0, 0.1) is 12.7 Å². The van der Waals surface area contributed by atoms with Crippen LogP contribution < -0.4 is 0 Å². The number of hydrogen-bond donors (Lipinski definition) is 0. The van der Waals surface area contributed by atoms with Crippen LogP contribution >= 0.6 is 0 Å². The van der Waals surface area contributed by atoms with Crippen LogP contribution in [0.2, 0.25) is 0 Å². The fourth-order valence-electron chi connectivity index (χ4n) is 3.80. The van der Waals surface area contributed by atoms with Crippen molar-refractivity contribution < 1.29 is 22.4 Å². The lowest BCUT2D eigenvalue weighted by atomic mass is 10.0. The summed E-state index contributed by atoms with van der Waals surface area (Å²) in [6.07, 6.45) is 0.338. The lowest BCUT2D eigenvalue weighted by Crippen LogP contribution is -2.30. The molecule has 1 aliphatic rings. The quantitative estimate of drug-likeness (QED) is 0.588. The molecule has 1 saturated heterocycles. The standard InChI is InChI=1S/C21H19F4N3O/c1-13-11-28(12-18(29)27-7-2-3-8-27)17-9-14(10-26-20(13)17)15-5-4-6-16(19(15)22)21(23,24)25/h4-6,9-11H,2-3,7-8,12H2,1H3. The summed E-state index contributed by atoms with van der Waals surface area (Å²) in [6.45, 7) is 3.42. The molecule has 0 atom stereocenters. The van der Waals surface area contributed by atoms with E-state index in [0.717, 1.165) is 31.5 Å². The molecule has 0 radical (unpaired) electrons. The number of pyridine rings is 1. The molecule has 0 saturated carbocycles. The van der Waals surface area contributed by atoms with Crippen molar-refractivity contribution in [2.24, 2.45) is 0 Å². The van der Waals surface area contributed by atoms with E-state index in [4.69, 9.17) is 0 Å². The predicted octanol–water partition coefficient (Wildman–Crippen LogP) is 4.79. The van der Waals surface area contributed by atoms with Crippen molar-refractivity contribution in [1.82, 2.24) is 14.5 Å². The number of fused-ring (bicyclic) bond motifs is 1. The van der Waals surface area contributed by atoms with Gasteiger partial charge < -0.3 is 9.47 Å². The number of carbonyl (C=O) groups is 1. The van der Waals surface area contributed by atoms with Crippen LogP contribution in [0.5, 0.6) is 0 Å². The van der Waals surface area contributed by atoms with Crippen molar-refractivity contribution in [1.29, 1.82) is 0 Å². The van der Waals surface area contributed by atoms with Gasteiger partial charge in [0, 0.05) is 36.6 Å². The van der Waals surface area contributed by atoms with Crippen LogP contribution in [0.3, 0.4) is 0 Å². The minimum atomic E-state index is -4.78. The summed E-state index contributed by atoms with van der Waals surface area (Å²) in [5.41, 5.74) is 0.801. The lowest BCUT2D eigenvalue weighted by Gasteiger charge is -2.16. The van der Waals surface area contributed by atoms with Crippen molar-refractivity contribution in [2.45, 2.75) is 32.5 Å². The first kappa shape index (κ1) is 19.4. The van der Waals surface area contributed by atoms with E-state index in [2.05, 4.69) is 4.98 Å². The van der Waals surface area contributed by atoms with Gasteiger partial charge in [-0.05, 0) is 37.5 Å². The number of carbonyl (C=O) groups excluding carboxylic acids is 1. The number of likely N-dealkylation sites (tertiary alicyclic amines) is 1. The maximum Gasteiger partial charge on any atom is 0.419 e. The van der Waals surface area contributed by atoms with E-state index < -0.39 is 17.6 Å². The van der Waals surface area contributed by atoms with Crippen molar-refractivity contribution in [2.75, 3.05) is 13.1 Å². The molecule has 152 valence electrons. The highest BCUT2D eigenvalue weighted by Gasteiger charge is 2.35. The molecule has 1 amide bonds. The van der Waals surface area contributed by atoms with Crippen LogP contribution in [0.4, 0.5) is 17.6 Å². The summed E-state index contributed by atoms with van der Waals surface area (Å²) in [7, 11) is 0. The van der Waals surface area contributed by atoms with Gasteiger partial charge in [0.1, 0.15) is 12.4 Å². The summed E-state index contributed by atoms with van der Waals surface area (Å²) in [5.74, 6) is -1.35. The fourth-order valence-corrected chi connectivity index (χ4v) is 3.80. The average molecular weight is 405 g/mol. The molecule has 0 unspecified atom stereocenters. The van der Waals surface area contributed by atoms with Gasteiger partial charge in [0.15, 0.2) is 0 Å². The van der Waals surface area contributed by atoms with Crippen LogP contribution in [-0.4, -0.2) is 33.4 Å². The summed E-state index contributed by atoms with van der Waals surface area (Å²) >= 11 is 0. The molecule has 1 fully saturated rings. The predicted molar refractivity (Wildman–Crippen MR) is 101 cm³/mol. The second-order valence-electron chi connectivity index (χ2n) is 7.28. The van der Waals surface area contributed by atoms with Gasteiger partial charge >= 0.3 is 6.18 Å². The molecule has 1 aliphatic heterocycles. The minimum absolute atomic E-state index is 0.0185. The van der Waals surface area contributed by atoms with Gasteiger partial charge in [-0.15, -0.1) is 0 Å². The highest BCUT2D eigenvalue weighted by Crippen LogP contribution is 2.36. The normalized spacial score (nSPS) is 14.7. The molecule has 29 heavy (non-hydrogen) atoms. The monoisotopic (exact) mass is 405 g/mol. The largest absolute Gasteiger partial charge is 0.419 e. The first-order valence-electron chi connectivity index (χ1n) is 9.35. The molecule has 8 heteroatoms. The molecule has 3 heterocycles. The van der Waals surface area contributed by atoms with Gasteiger partial charge in [0.25, 0.3) is 0 Å². The Morgan fingerprint density at radius 2 is 1.93 bits per heavy atom. The van der Waals surface area contributed by atoms with E-state index >= 15 is 0 Å². The third-order valence-electron chi connectivity index (χ3n) is 5.28. The molecular formula is C21H19F4N3O. The summed E-state index contributed by atoms with van der Waals surface area (Å²) in [4.78, 5) is 18.6. The summed E-state index contributed by atoms with van der Waals surface area (Å²) in [6, 6.07) is 4.77. The molecule has 4 nitrogen and oxygen atoms in total. The Morgan fingerprint density at radius 1 is 1.21 bits per heavy atom. The maximum absolute atomic E-state index is 14.6. The molecule has 1 aromatic carbocycles. The van der Waals surface area contributed by atoms with Gasteiger partial charge in [-0.3, -0.25) is 9.78 Å². The van der Waals surface area contributed by atoms with Crippen molar-refractivity contribution in [3.8, 4) is 11.1 Å². The Balaban J connectivity index is 1.75. The molecule has 0 N–H and O–H groups in total. The third kappa shape index (κ3) is 3.59. The number of nitrogens with zero attached hydrogens (tertiary/aromatic N) is 3. The van der Waals surface area contributed by atoms with Gasteiger partial charge in [0.05, 0.1) is 16.6 Å². The van der Waals surface area contributed by atoms with Crippen LogP contribution in [0.15, 0.2) is 36.7 Å². The van der Waals surface area contributed by atoms with Crippen molar-refractivity contribution >= 4 is 16.9 Å². The number of hydrogen-bond acceptors (Lipinski definition) is 2. The minimum Gasteiger partial charge on any atom is -0.341 e. The second-order valence-corrected chi connectivity index (χ2v) is 7.28. The molecule has 3 aromatic rings. The van der Waals surface area contributed by atoms with E-state index in [1.54, 1.807) is 21.7 Å². The Kier molecular flexibility index (Phi) is 4.80. The van der Waals surface area contributed by atoms with Crippen molar-refractivity contribution in [3.05, 3.63) is 53.6 Å². The number of aromatic nitrogens is 2. The molecule has 2 aromatic heterocycles. The van der Waals surface area contributed by atoms with Crippen molar-refractivity contribution in [3.63, 3.8) is 0 Å². The molecule has 0 aliphatic carbocycles. The number of halogens is 4. The third-order valence-corrected chi connectivity index (χ3v) is 5.28. The van der Waals surface area contributed by atoms with E-state index in [1.165, 1.54) is 18.3 Å². The van der Waals surface area contributed by atoms with Crippen LogP contribution in [-0.2, 0) is 17.5 Å². The Morgan fingerprint density at radius 3 is 2.62 bits per heavy atom. The molecule has 0 spiro atoms. The maximum atomic E-state index is 14.6. The van der Waals surface area contributed by atoms with E-state index in [-0.39, 0.29) is 23.6 Å². The number of amides is 1. The zero-order chi connectivity index (χ0) is 20.8. The Hall–Kier alpha value is -2.90. The fraction of sp³-hybridized carbons (Fsp3) is 0.333. The van der Waals surface area contributed by atoms with Crippen LogP contribution in [0.1, 0.15) is 24.0 Å². The summed E-state index contributed by atoms with van der Waals surface area (Å²) in [5, 5.41) is 0.